The molecule has 1 rings (SSSR count). The molecule has 0 bridgehead atoms. The third kappa shape index (κ3) is 7.42. The summed E-state index contributed by atoms with van der Waals surface area (Å²) in [4.78, 5) is 9.91. The maximum atomic E-state index is 12.7. The fourth-order valence-electron chi connectivity index (χ4n) is 2.38. The molecule has 0 radical (unpaired) electrons. The summed E-state index contributed by atoms with van der Waals surface area (Å²) < 4.78 is 38.2. The van der Waals surface area contributed by atoms with Gasteiger partial charge in [0.1, 0.15) is 6.04 Å². The number of nitrogens with zero attached hydrogens (tertiary/aromatic N) is 4. The molecular formula is C14H29F3IN5. The zero-order valence-electron chi connectivity index (χ0n) is 14.4. The van der Waals surface area contributed by atoms with Gasteiger partial charge in [0, 0.05) is 46.3 Å². The fourth-order valence-corrected chi connectivity index (χ4v) is 2.38. The van der Waals surface area contributed by atoms with Crippen molar-refractivity contribution in [3.05, 3.63) is 0 Å². The lowest BCUT2D eigenvalue weighted by Crippen LogP contribution is -2.57. The Labute approximate surface area is 154 Å². The Hall–Kier alpha value is -0.290. The molecule has 23 heavy (non-hydrogen) atoms. The summed E-state index contributed by atoms with van der Waals surface area (Å²) in [6.45, 7) is 7.89. The highest BCUT2D eigenvalue weighted by Gasteiger charge is 2.41. The van der Waals surface area contributed by atoms with Gasteiger partial charge in [0.15, 0.2) is 5.96 Å². The largest absolute Gasteiger partial charge is 0.403 e. The maximum absolute atomic E-state index is 12.7. The summed E-state index contributed by atoms with van der Waals surface area (Å²) in [6.07, 6.45) is -4.16. The molecule has 1 fully saturated rings. The van der Waals surface area contributed by atoms with Crippen LogP contribution in [0, 0.1) is 0 Å². The van der Waals surface area contributed by atoms with Crippen molar-refractivity contribution in [2.24, 2.45) is 4.99 Å². The topological polar surface area (TPSA) is 34.1 Å². The van der Waals surface area contributed by atoms with Crippen molar-refractivity contribution in [3.8, 4) is 0 Å². The van der Waals surface area contributed by atoms with Crippen LogP contribution in [-0.2, 0) is 0 Å². The van der Waals surface area contributed by atoms with Crippen molar-refractivity contribution in [2.45, 2.75) is 26.1 Å². The number of likely N-dealkylation sites (N-methyl/N-ethyl adjacent to an activating group) is 1. The molecule has 1 atom stereocenters. The van der Waals surface area contributed by atoms with Crippen LogP contribution in [0.5, 0.6) is 0 Å². The highest BCUT2D eigenvalue weighted by molar-refractivity contribution is 14.0. The lowest BCUT2D eigenvalue weighted by Gasteiger charge is -2.39. The zero-order chi connectivity index (χ0) is 16.8. The summed E-state index contributed by atoms with van der Waals surface area (Å²) in [6, 6.07) is -1.39. The predicted molar refractivity (Wildman–Crippen MR) is 98.6 cm³/mol. The minimum absolute atomic E-state index is 0. The Balaban J connectivity index is 0.00000484. The molecule has 1 aliphatic rings. The third-order valence-electron chi connectivity index (χ3n) is 4.16. The van der Waals surface area contributed by atoms with E-state index in [4.69, 9.17) is 0 Å². The quantitative estimate of drug-likeness (QED) is 0.392. The lowest BCUT2D eigenvalue weighted by molar-refractivity contribution is -0.181. The van der Waals surface area contributed by atoms with E-state index in [1.807, 2.05) is 11.9 Å². The Bertz CT molecular complexity index is 357. The first-order valence-electron chi connectivity index (χ1n) is 7.74. The van der Waals surface area contributed by atoms with Gasteiger partial charge in [0.05, 0.1) is 0 Å². The molecule has 1 N–H and O–H groups in total. The van der Waals surface area contributed by atoms with E-state index >= 15 is 0 Å². The van der Waals surface area contributed by atoms with Gasteiger partial charge in [-0.15, -0.1) is 24.0 Å². The van der Waals surface area contributed by atoms with Gasteiger partial charge < -0.3 is 15.1 Å². The van der Waals surface area contributed by atoms with Gasteiger partial charge in [-0.3, -0.25) is 9.89 Å². The molecule has 0 saturated carbocycles. The molecule has 1 saturated heterocycles. The van der Waals surface area contributed by atoms with Crippen molar-refractivity contribution >= 4 is 29.9 Å². The molecule has 0 aromatic rings. The Morgan fingerprint density at radius 1 is 1.26 bits per heavy atom. The Morgan fingerprint density at radius 2 is 1.83 bits per heavy atom. The van der Waals surface area contributed by atoms with Crippen LogP contribution < -0.4 is 5.32 Å². The normalized spacial score (nSPS) is 18.8. The molecule has 9 heteroatoms. The third-order valence-corrected chi connectivity index (χ3v) is 4.16. The first-order chi connectivity index (χ1) is 10.3. The van der Waals surface area contributed by atoms with Crippen LogP contribution in [0.25, 0.3) is 0 Å². The Kier molecular flexibility index (Phi) is 10.4. The van der Waals surface area contributed by atoms with Gasteiger partial charge in [0.2, 0.25) is 0 Å². The zero-order valence-corrected chi connectivity index (χ0v) is 16.7. The van der Waals surface area contributed by atoms with Crippen LogP contribution in [-0.4, -0.2) is 92.8 Å². The van der Waals surface area contributed by atoms with Crippen LogP contribution in [0.3, 0.4) is 0 Å². The van der Waals surface area contributed by atoms with Crippen LogP contribution in [0.15, 0.2) is 4.99 Å². The van der Waals surface area contributed by atoms with E-state index in [1.54, 1.807) is 7.05 Å². The van der Waals surface area contributed by atoms with E-state index in [-0.39, 0.29) is 24.0 Å². The molecule has 5 nitrogen and oxygen atoms in total. The lowest BCUT2D eigenvalue weighted by atomic mass is 10.2. The Morgan fingerprint density at radius 3 is 2.26 bits per heavy atom. The number of halogens is 4. The van der Waals surface area contributed by atoms with Gasteiger partial charge in [0.25, 0.3) is 0 Å². The van der Waals surface area contributed by atoms with Crippen molar-refractivity contribution in [1.29, 1.82) is 0 Å². The first kappa shape index (κ1) is 22.7. The van der Waals surface area contributed by atoms with Crippen molar-refractivity contribution in [2.75, 3.05) is 59.9 Å². The minimum atomic E-state index is -4.16. The van der Waals surface area contributed by atoms with E-state index in [9.17, 15) is 13.2 Å². The van der Waals surface area contributed by atoms with Crippen LogP contribution in [0.1, 0.15) is 13.8 Å². The van der Waals surface area contributed by atoms with Crippen molar-refractivity contribution in [1.82, 2.24) is 20.0 Å². The highest BCUT2D eigenvalue weighted by Crippen LogP contribution is 2.25. The number of aliphatic imine (C=N–C) groups is 1. The summed E-state index contributed by atoms with van der Waals surface area (Å²) >= 11 is 0. The second-order valence-electron chi connectivity index (χ2n) is 5.61. The maximum Gasteiger partial charge on any atom is 0.403 e. The summed E-state index contributed by atoms with van der Waals surface area (Å²) in [5.74, 6) is 0.767. The second-order valence-corrected chi connectivity index (χ2v) is 5.61. The van der Waals surface area contributed by atoms with E-state index < -0.39 is 12.2 Å². The summed E-state index contributed by atoms with van der Waals surface area (Å²) in [5, 5.41) is 3.27. The van der Waals surface area contributed by atoms with Crippen LogP contribution >= 0.6 is 24.0 Å². The van der Waals surface area contributed by atoms with E-state index in [0.29, 0.717) is 26.2 Å². The van der Waals surface area contributed by atoms with E-state index in [1.165, 1.54) is 11.8 Å². The fraction of sp³-hybridized carbons (Fsp3) is 0.929. The van der Waals surface area contributed by atoms with Gasteiger partial charge in [-0.05, 0) is 20.5 Å². The number of hydrogen-bond donors (Lipinski definition) is 1. The van der Waals surface area contributed by atoms with Gasteiger partial charge in [-0.2, -0.15) is 13.2 Å². The minimum Gasteiger partial charge on any atom is -0.355 e. The number of nitrogens with one attached hydrogen (secondary N) is 1. The van der Waals surface area contributed by atoms with Gasteiger partial charge in [-0.25, -0.2) is 0 Å². The molecule has 0 aliphatic carbocycles. The second kappa shape index (κ2) is 10.5. The van der Waals surface area contributed by atoms with E-state index in [2.05, 4.69) is 22.1 Å². The van der Waals surface area contributed by atoms with Crippen molar-refractivity contribution in [3.63, 3.8) is 0 Å². The van der Waals surface area contributed by atoms with Crippen LogP contribution in [0.2, 0.25) is 0 Å². The first-order valence-corrected chi connectivity index (χ1v) is 7.74. The molecule has 0 amide bonds. The monoisotopic (exact) mass is 451 g/mol. The number of piperazine rings is 1. The average molecular weight is 451 g/mol. The molecule has 1 heterocycles. The summed E-state index contributed by atoms with van der Waals surface area (Å²) in [7, 11) is 3.75. The molecule has 0 spiro atoms. The average Bonchev–Trinajstić information content (AvgIpc) is 2.50. The van der Waals surface area contributed by atoms with E-state index in [0.717, 1.165) is 25.6 Å². The van der Waals surface area contributed by atoms with Gasteiger partial charge >= 0.3 is 6.18 Å². The predicted octanol–water partition coefficient (Wildman–Crippen LogP) is 1.70. The number of hydrogen-bond acceptors (Lipinski definition) is 3. The standard InChI is InChI=1S/C14H28F3N5.HI/c1-5-20(4)7-6-19-13(18-3)22-10-8-21(9-11-22)12(2)14(15,16)17;/h12H,5-11H2,1-4H3,(H,18,19);1H. The molecule has 0 aromatic carbocycles. The van der Waals surface area contributed by atoms with Crippen LogP contribution in [0.4, 0.5) is 13.2 Å². The SMILES string of the molecule is CCN(C)CCNC(=NC)N1CCN(C(C)C(F)(F)F)CC1.I. The molecule has 0 aromatic heterocycles. The summed E-state index contributed by atoms with van der Waals surface area (Å²) in [5.41, 5.74) is 0. The number of alkyl halides is 3. The van der Waals surface area contributed by atoms with Crippen molar-refractivity contribution < 1.29 is 13.2 Å². The number of rotatable bonds is 5. The number of guanidine groups is 1. The highest BCUT2D eigenvalue weighted by atomic mass is 127. The molecular weight excluding hydrogens is 422 g/mol. The van der Waals surface area contributed by atoms with Gasteiger partial charge in [-0.1, -0.05) is 6.92 Å². The molecule has 138 valence electrons. The smallest absolute Gasteiger partial charge is 0.355 e. The molecule has 1 aliphatic heterocycles. The molecule has 1 unspecified atom stereocenters.